The first-order valence-electron chi connectivity index (χ1n) is 8.30. The summed E-state index contributed by atoms with van der Waals surface area (Å²) in [4.78, 5) is 28.1. The molecule has 3 rings (SSSR count). The van der Waals surface area contributed by atoms with E-state index in [1.165, 1.54) is 12.8 Å². The quantitative estimate of drug-likeness (QED) is 0.839. The predicted octanol–water partition coefficient (Wildman–Crippen LogP) is 2.86. The first kappa shape index (κ1) is 15.1. The summed E-state index contributed by atoms with van der Waals surface area (Å²) in [6, 6.07) is 5.78. The summed E-state index contributed by atoms with van der Waals surface area (Å²) in [5.74, 6) is 0.912. The van der Waals surface area contributed by atoms with Gasteiger partial charge in [-0.25, -0.2) is 0 Å². The van der Waals surface area contributed by atoms with E-state index < -0.39 is 0 Å². The van der Waals surface area contributed by atoms with Crippen molar-refractivity contribution in [3.8, 4) is 0 Å². The Morgan fingerprint density at radius 3 is 2.73 bits per heavy atom. The Kier molecular flexibility index (Phi) is 4.19. The van der Waals surface area contributed by atoms with Gasteiger partial charge in [0.25, 0.3) is 5.91 Å². The number of nitrogens with zero attached hydrogens (tertiary/aromatic N) is 2. The lowest BCUT2D eigenvalue weighted by atomic mass is 10.1. The maximum Gasteiger partial charge on any atom is 0.253 e. The van der Waals surface area contributed by atoms with Crippen molar-refractivity contribution in [2.75, 3.05) is 24.5 Å². The van der Waals surface area contributed by atoms with Gasteiger partial charge in [-0.2, -0.15) is 0 Å². The fourth-order valence-electron chi connectivity index (χ4n) is 3.20. The summed E-state index contributed by atoms with van der Waals surface area (Å²) in [6.07, 6.45) is 4.34. The van der Waals surface area contributed by atoms with E-state index >= 15 is 0 Å². The highest BCUT2D eigenvalue weighted by molar-refractivity contribution is 5.97. The van der Waals surface area contributed by atoms with E-state index in [4.69, 9.17) is 0 Å². The van der Waals surface area contributed by atoms with Crippen LogP contribution in [0.3, 0.4) is 0 Å². The summed E-state index contributed by atoms with van der Waals surface area (Å²) in [7, 11) is 0. The normalized spacial score (nSPS) is 16.5. The third-order valence-corrected chi connectivity index (χ3v) is 4.56. The third kappa shape index (κ3) is 3.01. The molecule has 0 bridgehead atoms. The molecule has 2 amide bonds. The first-order chi connectivity index (χ1) is 10.6. The van der Waals surface area contributed by atoms with Crippen LogP contribution in [0.5, 0.6) is 0 Å². The molecule has 4 heteroatoms. The maximum absolute atomic E-state index is 12.8. The lowest BCUT2D eigenvalue weighted by Crippen LogP contribution is -2.33. The molecule has 0 N–H and O–H groups in total. The standard InChI is InChI=1S/C18H24N2O2/c1-3-9-19(12-14-4-5-14)18(22)16-6-7-17-15(11-16)8-10-20(17)13(2)21/h6-7,11,14H,3-5,8-10,12H2,1-2H3. The zero-order valence-electron chi connectivity index (χ0n) is 13.5. The fourth-order valence-corrected chi connectivity index (χ4v) is 3.20. The third-order valence-electron chi connectivity index (χ3n) is 4.56. The second kappa shape index (κ2) is 6.11. The molecular weight excluding hydrogens is 276 g/mol. The molecular formula is C18H24N2O2. The number of hydrogen-bond acceptors (Lipinski definition) is 2. The molecule has 1 heterocycles. The van der Waals surface area contributed by atoms with Gasteiger partial charge in [0, 0.05) is 37.8 Å². The zero-order valence-corrected chi connectivity index (χ0v) is 13.5. The van der Waals surface area contributed by atoms with Crippen molar-refractivity contribution >= 4 is 17.5 Å². The number of carbonyl (C=O) groups excluding carboxylic acids is 2. The molecule has 1 aromatic carbocycles. The molecule has 2 aliphatic rings. The molecule has 0 spiro atoms. The van der Waals surface area contributed by atoms with E-state index in [1.54, 1.807) is 11.8 Å². The fraction of sp³-hybridized carbons (Fsp3) is 0.556. The van der Waals surface area contributed by atoms with Gasteiger partial charge < -0.3 is 9.80 Å². The molecule has 1 aliphatic carbocycles. The molecule has 0 radical (unpaired) electrons. The van der Waals surface area contributed by atoms with Gasteiger partial charge in [-0.1, -0.05) is 6.92 Å². The SMILES string of the molecule is CCCN(CC1CC1)C(=O)c1ccc2c(c1)CCN2C(C)=O. The summed E-state index contributed by atoms with van der Waals surface area (Å²) in [6.45, 7) is 6.14. The van der Waals surface area contributed by atoms with Crippen LogP contribution in [0.4, 0.5) is 5.69 Å². The van der Waals surface area contributed by atoms with Crippen molar-refractivity contribution < 1.29 is 9.59 Å². The lowest BCUT2D eigenvalue weighted by molar-refractivity contribution is -0.116. The van der Waals surface area contributed by atoms with E-state index in [9.17, 15) is 9.59 Å². The molecule has 1 saturated carbocycles. The van der Waals surface area contributed by atoms with Crippen LogP contribution in [-0.2, 0) is 11.2 Å². The van der Waals surface area contributed by atoms with Crippen molar-refractivity contribution in [1.82, 2.24) is 4.90 Å². The molecule has 4 nitrogen and oxygen atoms in total. The van der Waals surface area contributed by atoms with Crippen molar-refractivity contribution in [2.24, 2.45) is 5.92 Å². The zero-order chi connectivity index (χ0) is 15.7. The average Bonchev–Trinajstić information content (AvgIpc) is 3.21. The van der Waals surface area contributed by atoms with Crippen molar-refractivity contribution in [1.29, 1.82) is 0 Å². The van der Waals surface area contributed by atoms with E-state index in [1.807, 2.05) is 23.1 Å². The highest BCUT2D eigenvalue weighted by Gasteiger charge is 2.28. The van der Waals surface area contributed by atoms with Crippen LogP contribution < -0.4 is 4.90 Å². The van der Waals surface area contributed by atoms with E-state index in [0.29, 0.717) is 5.92 Å². The van der Waals surface area contributed by atoms with Gasteiger partial charge >= 0.3 is 0 Å². The topological polar surface area (TPSA) is 40.6 Å². The van der Waals surface area contributed by atoms with E-state index in [2.05, 4.69) is 6.92 Å². The Morgan fingerprint density at radius 1 is 1.32 bits per heavy atom. The van der Waals surface area contributed by atoms with Crippen LogP contribution in [0.25, 0.3) is 0 Å². The van der Waals surface area contributed by atoms with E-state index in [0.717, 1.165) is 49.3 Å². The number of anilines is 1. The Labute approximate surface area is 132 Å². The highest BCUT2D eigenvalue weighted by atomic mass is 16.2. The summed E-state index contributed by atoms with van der Waals surface area (Å²) >= 11 is 0. The molecule has 0 saturated heterocycles. The van der Waals surface area contributed by atoms with Gasteiger partial charge in [0.1, 0.15) is 0 Å². The average molecular weight is 300 g/mol. The number of hydrogen-bond donors (Lipinski definition) is 0. The predicted molar refractivity (Wildman–Crippen MR) is 87.1 cm³/mol. The van der Waals surface area contributed by atoms with E-state index in [-0.39, 0.29) is 11.8 Å². The molecule has 0 aromatic heterocycles. The Hall–Kier alpha value is -1.84. The Morgan fingerprint density at radius 2 is 2.09 bits per heavy atom. The highest BCUT2D eigenvalue weighted by Crippen LogP contribution is 2.32. The van der Waals surface area contributed by atoms with Crippen LogP contribution >= 0.6 is 0 Å². The van der Waals surface area contributed by atoms with Crippen LogP contribution in [0.1, 0.15) is 49.0 Å². The van der Waals surface area contributed by atoms with Crippen LogP contribution in [0.2, 0.25) is 0 Å². The minimum absolute atomic E-state index is 0.0687. The second-order valence-corrected chi connectivity index (χ2v) is 6.46. The lowest BCUT2D eigenvalue weighted by Gasteiger charge is -2.22. The summed E-state index contributed by atoms with van der Waals surface area (Å²) in [5, 5.41) is 0. The monoisotopic (exact) mass is 300 g/mol. The number of amides is 2. The summed E-state index contributed by atoms with van der Waals surface area (Å²) in [5.41, 5.74) is 2.84. The van der Waals surface area contributed by atoms with Crippen LogP contribution in [-0.4, -0.2) is 36.3 Å². The smallest absolute Gasteiger partial charge is 0.253 e. The minimum Gasteiger partial charge on any atom is -0.338 e. The number of benzene rings is 1. The molecule has 1 aromatic rings. The van der Waals surface area contributed by atoms with Gasteiger partial charge in [0.15, 0.2) is 0 Å². The molecule has 0 unspecified atom stereocenters. The minimum atomic E-state index is 0.0687. The maximum atomic E-state index is 12.8. The number of rotatable bonds is 5. The molecule has 1 aliphatic heterocycles. The molecule has 22 heavy (non-hydrogen) atoms. The van der Waals surface area contributed by atoms with Gasteiger partial charge in [-0.05, 0) is 55.4 Å². The molecule has 1 fully saturated rings. The molecule has 118 valence electrons. The van der Waals surface area contributed by atoms with Gasteiger partial charge in [-0.15, -0.1) is 0 Å². The van der Waals surface area contributed by atoms with Crippen molar-refractivity contribution in [3.63, 3.8) is 0 Å². The largest absolute Gasteiger partial charge is 0.338 e. The van der Waals surface area contributed by atoms with Gasteiger partial charge in [-0.3, -0.25) is 9.59 Å². The summed E-state index contributed by atoms with van der Waals surface area (Å²) < 4.78 is 0. The molecule has 0 atom stereocenters. The Balaban J connectivity index is 1.79. The van der Waals surface area contributed by atoms with Gasteiger partial charge in [0.2, 0.25) is 5.91 Å². The second-order valence-electron chi connectivity index (χ2n) is 6.46. The Bertz CT molecular complexity index is 593. The van der Waals surface area contributed by atoms with Crippen molar-refractivity contribution in [2.45, 2.75) is 39.5 Å². The first-order valence-corrected chi connectivity index (χ1v) is 8.30. The van der Waals surface area contributed by atoms with Crippen molar-refractivity contribution in [3.05, 3.63) is 29.3 Å². The number of fused-ring (bicyclic) bond motifs is 1. The number of carbonyl (C=O) groups is 2. The van der Waals surface area contributed by atoms with Crippen LogP contribution in [0, 0.1) is 5.92 Å². The van der Waals surface area contributed by atoms with Gasteiger partial charge in [0.05, 0.1) is 0 Å². The van der Waals surface area contributed by atoms with Crippen LogP contribution in [0.15, 0.2) is 18.2 Å².